The lowest BCUT2D eigenvalue weighted by molar-refractivity contribution is -0.181. The minimum absolute atomic E-state index is 0.0639. The minimum atomic E-state index is -0.505. The number of nitrogens with zero attached hydrogens (tertiary/aromatic N) is 1. The zero-order valence-electron chi connectivity index (χ0n) is 16.6. The molecule has 2 aliphatic rings. The van der Waals surface area contributed by atoms with Crippen molar-refractivity contribution < 1.29 is 19.1 Å². The van der Waals surface area contributed by atoms with Crippen molar-refractivity contribution in [3.8, 4) is 0 Å². The highest BCUT2D eigenvalue weighted by atomic mass is 16.7. The van der Waals surface area contributed by atoms with Crippen LogP contribution in [0.5, 0.6) is 0 Å². The Kier molecular flexibility index (Phi) is 5.65. The molecule has 0 aliphatic carbocycles. The van der Waals surface area contributed by atoms with Crippen LogP contribution in [0.25, 0.3) is 0 Å². The number of piperidine rings is 1. The van der Waals surface area contributed by atoms with Crippen molar-refractivity contribution in [3.05, 3.63) is 70.8 Å². The smallest absolute Gasteiger partial charge is 0.253 e. The molecule has 0 radical (unpaired) electrons. The predicted octanol–water partition coefficient (Wildman–Crippen LogP) is 2.90. The first kappa shape index (κ1) is 19.6. The molecule has 2 saturated heterocycles. The van der Waals surface area contributed by atoms with Gasteiger partial charge in [-0.3, -0.25) is 9.59 Å². The summed E-state index contributed by atoms with van der Waals surface area (Å²) in [4.78, 5) is 27.2. The number of nitrogens with one attached hydrogen (secondary N) is 1. The van der Waals surface area contributed by atoms with E-state index in [1.807, 2.05) is 31.2 Å². The van der Waals surface area contributed by atoms with E-state index >= 15 is 0 Å². The summed E-state index contributed by atoms with van der Waals surface area (Å²) in [6, 6.07) is 14.9. The Morgan fingerprint density at radius 3 is 2.34 bits per heavy atom. The highest BCUT2D eigenvalue weighted by Crippen LogP contribution is 2.31. The summed E-state index contributed by atoms with van der Waals surface area (Å²) in [5.41, 5.74) is 3.23. The molecule has 29 heavy (non-hydrogen) atoms. The molecule has 1 N–H and O–H groups in total. The van der Waals surface area contributed by atoms with E-state index in [-0.39, 0.29) is 11.8 Å². The summed E-state index contributed by atoms with van der Waals surface area (Å²) >= 11 is 0. The van der Waals surface area contributed by atoms with Gasteiger partial charge in [-0.1, -0.05) is 35.9 Å². The summed E-state index contributed by atoms with van der Waals surface area (Å²) < 4.78 is 11.4. The Labute approximate surface area is 170 Å². The largest absolute Gasteiger partial charge is 0.348 e. The summed E-state index contributed by atoms with van der Waals surface area (Å²) in [6.07, 6.45) is 1.35. The lowest BCUT2D eigenvalue weighted by Crippen LogP contribution is -2.47. The molecule has 2 aromatic carbocycles. The molecule has 2 amide bonds. The molecule has 4 rings (SSSR count). The van der Waals surface area contributed by atoms with E-state index in [1.165, 1.54) is 5.56 Å². The molecule has 0 unspecified atom stereocenters. The number of ether oxygens (including phenoxy) is 2. The van der Waals surface area contributed by atoms with E-state index in [0.29, 0.717) is 56.8 Å². The molecular weight excluding hydrogens is 368 g/mol. The molecule has 152 valence electrons. The van der Waals surface area contributed by atoms with Crippen molar-refractivity contribution in [1.29, 1.82) is 0 Å². The van der Waals surface area contributed by atoms with Crippen molar-refractivity contribution >= 4 is 11.8 Å². The number of amides is 2. The molecule has 2 fully saturated rings. The third-order valence-electron chi connectivity index (χ3n) is 5.57. The molecule has 0 aromatic heterocycles. The number of likely N-dealkylation sites (tertiary alicyclic amines) is 1. The number of rotatable bonds is 4. The first-order valence-electron chi connectivity index (χ1n) is 10.1. The summed E-state index contributed by atoms with van der Waals surface area (Å²) in [7, 11) is 0. The lowest BCUT2D eigenvalue weighted by Gasteiger charge is -2.37. The van der Waals surface area contributed by atoms with E-state index < -0.39 is 5.79 Å². The van der Waals surface area contributed by atoms with Gasteiger partial charge in [-0.05, 0) is 30.7 Å². The van der Waals surface area contributed by atoms with Gasteiger partial charge in [0.15, 0.2) is 5.79 Å². The summed E-state index contributed by atoms with van der Waals surface area (Å²) in [6.45, 7) is 4.89. The third-order valence-corrected chi connectivity index (χ3v) is 5.57. The van der Waals surface area contributed by atoms with Crippen LogP contribution in [0.15, 0.2) is 48.5 Å². The van der Waals surface area contributed by atoms with Crippen LogP contribution < -0.4 is 5.32 Å². The topological polar surface area (TPSA) is 67.9 Å². The molecule has 2 aromatic rings. The summed E-state index contributed by atoms with van der Waals surface area (Å²) in [5.74, 6) is -0.759. The van der Waals surface area contributed by atoms with Gasteiger partial charge in [-0.15, -0.1) is 0 Å². The van der Waals surface area contributed by atoms with Gasteiger partial charge in [-0.25, -0.2) is 0 Å². The second kappa shape index (κ2) is 8.35. The van der Waals surface area contributed by atoms with E-state index in [4.69, 9.17) is 9.47 Å². The third kappa shape index (κ3) is 4.49. The van der Waals surface area contributed by atoms with Gasteiger partial charge in [0.1, 0.15) is 0 Å². The van der Waals surface area contributed by atoms with Gasteiger partial charge >= 0.3 is 0 Å². The fraction of sp³-hybridized carbons (Fsp3) is 0.391. The van der Waals surface area contributed by atoms with E-state index in [9.17, 15) is 9.59 Å². The average Bonchev–Trinajstić information content (AvgIpc) is 3.21. The Morgan fingerprint density at radius 2 is 1.66 bits per heavy atom. The second-order valence-corrected chi connectivity index (χ2v) is 7.65. The van der Waals surface area contributed by atoms with Gasteiger partial charge in [0.2, 0.25) is 0 Å². The number of carbonyl (C=O) groups is 2. The standard InChI is InChI=1S/C23H26N2O4/c1-17-5-7-18(8-6-17)16-24-21(26)19-3-2-4-20(15-19)22(27)25-11-9-23(10-12-25)28-13-14-29-23/h2-8,15H,9-14,16H2,1H3,(H,24,26). The highest BCUT2D eigenvalue weighted by molar-refractivity contribution is 5.99. The van der Waals surface area contributed by atoms with E-state index in [0.717, 1.165) is 5.56 Å². The van der Waals surface area contributed by atoms with Gasteiger partial charge in [0, 0.05) is 43.6 Å². The van der Waals surface area contributed by atoms with Gasteiger partial charge in [-0.2, -0.15) is 0 Å². The first-order valence-corrected chi connectivity index (χ1v) is 10.1. The SMILES string of the molecule is Cc1ccc(CNC(=O)c2cccc(C(=O)N3CCC4(CC3)OCCO4)c2)cc1. The molecule has 2 heterocycles. The van der Waals surface area contributed by atoms with Crippen LogP contribution in [0, 0.1) is 6.92 Å². The predicted molar refractivity (Wildman–Crippen MR) is 109 cm³/mol. The van der Waals surface area contributed by atoms with Gasteiger partial charge in [0.25, 0.3) is 11.8 Å². The van der Waals surface area contributed by atoms with Crippen molar-refractivity contribution in [2.24, 2.45) is 0 Å². The van der Waals surface area contributed by atoms with Crippen LogP contribution >= 0.6 is 0 Å². The Hall–Kier alpha value is -2.70. The lowest BCUT2D eigenvalue weighted by atomic mass is 10.0. The van der Waals surface area contributed by atoms with E-state index in [2.05, 4.69) is 5.32 Å². The molecule has 0 bridgehead atoms. The van der Waals surface area contributed by atoms with Crippen LogP contribution in [-0.4, -0.2) is 48.8 Å². The fourth-order valence-electron chi connectivity index (χ4n) is 3.80. The monoisotopic (exact) mass is 394 g/mol. The number of carbonyl (C=O) groups excluding carboxylic acids is 2. The minimum Gasteiger partial charge on any atom is -0.348 e. The molecule has 6 nitrogen and oxygen atoms in total. The Morgan fingerprint density at radius 1 is 1.00 bits per heavy atom. The van der Waals surface area contributed by atoms with Crippen molar-refractivity contribution in [2.75, 3.05) is 26.3 Å². The number of aryl methyl sites for hydroxylation is 1. The molecule has 2 aliphatic heterocycles. The molecular formula is C23H26N2O4. The number of hydrogen-bond donors (Lipinski definition) is 1. The van der Waals surface area contributed by atoms with Crippen LogP contribution in [0.2, 0.25) is 0 Å². The Balaban J connectivity index is 1.37. The van der Waals surface area contributed by atoms with Crippen molar-refractivity contribution in [1.82, 2.24) is 10.2 Å². The highest BCUT2D eigenvalue weighted by Gasteiger charge is 2.40. The van der Waals surface area contributed by atoms with Crippen molar-refractivity contribution in [3.63, 3.8) is 0 Å². The maximum Gasteiger partial charge on any atom is 0.253 e. The van der Waals surface area contributed by atoms with Gasteiger partial charge in [0.05, 0.1) is 13.2 Å². The van der Waals surface area contributed by atoms with E-state index in [1.54, 1.807) is 29.2 Å². The van der Waals surface area contributed by atoms with Crippen LogP contribution in [0.1, 0.15) is 44.7 Å². The fourth-order valence-corrected chi connectivity index (χ4v) is 3.80. The maximum absolute atomic E-state index is 12.9. The molecule has 0 saturated carbocycles. The summed E-state index contributed by atoms with van der Waals surface area (Å²) in [5, 5.41) is 2.92. The zero-order chi connectivity index (χ0) is 20.3. The molecule has 0 atom stereocenters. The second-order valence-electron chi connectivity index (χ2n) is 7.65. The van der Waals surface area contributed by atoms with Crippen LogP contribution in [0.4, 0.5) is 0 Å². The Bertz CT molecular complexity index is 878. The van der Waals surface area contributed by atoms with Crippen LogP contribution in [0.3, 0.4) is 0 Å². The zero-order valence-corrected chi connectivity index (χ0v) is 16.6. The molecule has 1 spiro atoms. The van der Waals surface area contributed by atoms with Crippen molar-refractivity contribution in [2.45, 2.75) is 32.1 Å². The normalized spacial score (nSPS) is 18.0. The first-order chi connectivity index (χ1) is 14.0. The molecule has 6 heteroatoms. The number of benzene rings is 2. The quantitative estimate of drug-likeness (QED) is 0.866. The van der Waals surface area contributed by atoms with Crippen LogP contribution in [-0.2, 0) is 16.0 Å². The number of hydrogen-bond acceptors (Lipinski definition) is 4. The average molecular weight is 394 g/mol. The maximum atomic E-state index is 12.9. The van der Waals surface area contributed by atoms with Gasteiger partial charge < -0.3 is 19.7 Å².